The zero-order valence-corrected chi connectivity index (χ0v) is 18.1. The molecular weight excluding hydrogens is 482 g/mol. The van der Waals surface area contributed by atoms with E-state index in [1.165, 1.54) is 30.9 Å². The molecular formula is C19H24F6N2O5S. The Kier molecular flexibility index (Phi) is 11.3. The Labute approximate surface area is 189 Å². The number of fused-ring (bicyclic) bond motifs is 1. The Hall–Kier alpha value is -2.16. The smallest absolute Gasteiger partial charge is 0.475 e. The monoisotopic (exact) mass is 506 g/mol. The third-order valence-electron chi connectivity index (χ3n) is 4.56. The highest BCUT2D eigenvalue weighted by Crippen LogP contribution is 2.25. The van der Waals surface area contributed by atoms with Gasteiger partial charge in [-0.2, -0.15) is 26.3 Å². The number of alkyl halides is 6. The predicted octanol–water partition coefficient (Wildman–Crippen LogP) is 3.48. The van der Waals surface area contributed by atoms with E-state index in [1.54, 1.807) is 0 Å². The van der Waals surface area contributed by atoms with Crippen LogP contribution in [0.1, 0.15) is 11.3 Å². The van der Waals surface area contributed by atoms with Gasteiger partial charge in [0, 0.05) is 43.6 Å². The fourth-order valence-electron chi connectivity index (χ4n) is 3.15. The quantitative estimate of drug-likeness (QED) is 0.467. The molecule has 2 unspecified atom stereocenters. The average Bonchev–Trinajstić information content (AvgIpc) is 3.35. The Bertz CT molecular complexity index is 733. The molecule has 2 fully saturated rings. The van der Waals surface area contributed by atoms with Crippen LogP contribution in [0.3, 0.4) is 0 Å². The maximum Gasteiger partial charge on any atom is 0.490 e. The van der Waals surface area contributed by atoms with Crippen LogP contribution in [0.5, 0.6) is 0 Å². The van der Waals surface area contributed by atoms with Crippen LogP contribution < -0.4 is 0 Å². The molecule has 3 heterocycles. The second-order valence-electron chi connectivity index (χ2n) is 7.05. The molecule has 33 heavy (non-hydrogen) atoms. The zero-order chi connectivity index (χ0) is 25.2. The third kappa shape index (κ3) is 11.0. The fraction of sp³-hybridized carbons (Fsp3) is 0.579. The lowest BCUT2D eigenvalue weighted by Gasteiger charge is -2.37. The van der Waals surface area contributed by atoms with E-state index in [1.807, 2.05) is 17.4 Å². The minimum atomic E-state index is -5.08. The normalized spacial score (nSPS) is 21.2. The van der Waals surface area contributed by atoms with Gasteiger partial charge in [0.25, 0.3) is 0 Å². The Morgan fingerprint density at radius 1 is 1.12 bits per heavy atom. The number of ether oxygens (including phenoxy) is 1. The van der Waals surface area contributed by atoms with Crippen molar-refractivity contribution in [1.82, 2.24) is 9.80 Å². The lowest BCUT2D eigenvalue weighted by atomic mass is 10.1. The van der Waals surface area contributed by atoms with Crippen LogP contribution in [0.15, 0.2) is 30.2 Å². The molecule has 3 rings (SSSR count). The van der Waals surface area contributed by atoms with E-state index in [2.05, 4.69) is 33.9 Å². The molecule has 0 saturated carbocycles. The Morgan fingerprint density at radius 2 is 1.70 bits per heavy atom. The summed E-state index contributed by atoms with van der Waals surface area (Å²) in [6, 6.07) is 5.07. The highest BCUT2D eigenvalue weighted by Gasteiger charge is 2.39. The van der Waals surface area contributed by atoms with E-state index in [0.29, 0.717) is 18.8 Å². The molecule has 2 aliphatic heterocycles. The van der Waals surface area contributed by atoms with E-state index in [9.17, 15) is 26.3 Å². The van der Waals surface area contributed by atoms with Crippen molar-refractivity contribution in [2.45, 2.75) is 37.5 Å². The van der Waals surface area contributed by atoms with Gasteiger partial charge in [-0.3, -0.25) is 9.80 Å². The number of piperazine rings is 1. The molecule has 0 aliphatic carbocycles. The third-order valence-corrected chi connectivity index (χ3v) is 5.42. The largest absolute Gasteiger partial charge is 0.490 e. The van der Waals surface area contributed by atoms with Crippen molar-refractivity contribution >= 4 is 23.3 Å². The molecule has 0 bridgehead atoms. The van der Waals surface area contributed by atoms with Gasteiger partial charge in [0.2, 0.25) is 0 Å². The van der Waals surface area contributed by atoms with Crippen molar-refractivity contribution < 1.29 is 50.9 Å². The van der Waals surface area contributed by atoms with Crippen molar-refractivity contribution in [3.63, 3.8) is 0 Å². The van der Waals surface area contributed by atoms with Gasteiger partial charge in [-0.05, 0) is 17.9 Å². The number of hydrogen-bond acceptors (Lipinski definition) is 6. The summed E-state index contributed by atoms with van der Waals surface area (Å²) < 4.78 is 69.3. The Balaban J connectivity index is 0.000000324. The molecule has 0 amide bonds. The summed E-state index contributed by atoms with van der Waals surface area (Å²) in [5.74, 6) is -5.51. The van der Waals surface area contributed by atoms with Crippen LogP contribution >= 0.6 is 11.3 Å². The SMILES string of the molecule is C=CCOC1CC2CN(Cc3cccs3)CCN2C1.O=C(O)C(F)(F)F.O=C(O)C(F)(F)F. The number of carboxylic acid groups (broad SMARTS) is 2. The number of thiophene rings is 1. The van der Waals surface area contributed by atoms with Gasteiger partial charge in [-0.1, -0.05) is 12.1 Å². The Morgan fingerprint density at radius 3 is 2.15 bits per heavy atom. The second kappa shape index (κ2) is 12.9. The van der Waals surface area contributed by atoms with Crippen LogP contribution in [0, 0.1) is 0 Å². The minimum Gasteiger partial charge on any atom is -0.475 e. The molecule has 2 atom stereocenters. The fourth-order valence-corrected chi connectivity index (χ4v) is 3.90. The maximum absolute atomic E-state index is 10.6. The average molecular weight is 506 g/mol. The molecule has 0 aromatic carbocycles. The van der Waals surface area contributed by atoms with E-state index < -0.39 is 24.3 Å². The van der Waals surface area contributed by atoms with Crippen molar-refractivity contribution in [3.8, 4) is 0 Å². The summed E-state index contributed by atoms with van der Waals surface area (Å²) in [6.45, 7) is 10.2. The first-order valence-corrected chi connectivity index (χ1v) is 10.4. The van der Waals surface area contributed by atoms with Crippen LogP contribution in [0.4, 0.5) is 26.3 Å². The first-order chi connectivity index (χ1) is 15.2. The number of rotatable bonds is 5. The van der Waals surface area contributed by atoms with Gasteiger partial charge in [0.1, 0.15) is 0 Å². The van der Waals surface area contributed by atoms with E-state index in [4.69, 9.17) is 24.5 Å². The van der Waals surface area contributed by atoms with Crippen LogP contribution in [-0.4, -0.2) is 89.2 Å². The number of aliphatic carboxylic acids is 2. The van der Waals surface area contributed by atoms with Crippen molar-refractivity contribution in [2.24, 2.45) is 0 Å². The molecule has 7 nitrogen and oxygen atoms in total. The second-order valence-corrected chi connectivity index (χ2v) is 8.08. The summed E-state index contributed by atoms with van der Waals surface area (Å²) in [6.07, 6.45) is -6.74. The number of carboxylic acids is 2. The lowest BCUT2D eigenvalue weighted by molar-refractivity contribution is -0.193. The van der Waals surface area contributed by atoms with Gasteiger partial charge < -0.3 is 14.9 Å². The molecule has 188 valence electrons. The summed E-state index contributed by atoms with van der Waals surface area (Å²) in [7, 11) is 0. The maximum atomic E-state index is 10.6. The van der Waals surface area contributed by atoms with Crippen LogP contribution in [0.2, 0.25) is 0 Å². The molecule has 2 aliphatic rings. The van der Waals surface area contributed by atoms with E-state index in [-0.39, 0.29) is 0 Å². The van der Waals surface area contributed by atoms with Gasteiger partial charge in [0.15, 0.2) is 0 Å². The number of carbonyl (C=O) groups is 2. The summed E-state index contributed by atoms with van der Waals surface area (Å²) in [4.78, 5) is 24.5. The molecule has 2 saturated heterocycles. The zero-order valence-electron chi connectivity index (χ0n) is 17.3. The summed E-state index contributed by atoms with van der Waals surface area (Å²) in [5, 5.41) is 16.4. The molecule has 1 aromatic heterocycles. The van der Waals surface area contributed by atoms with Crippen molar-refractivity contribution in [3.05, 3.63) is 35.0 Å². The first-order valence-electron chi connectivity index (χ1n) is 9.55. The number of halogens is 6. The van der Waals surface area contributed by atoms with Crippen LogP contribution in [0.25, 0.3) is 0 Å². The molecule has 14 heteroatoms. The van der Waals surface area contributed by atoms with Gasteiger partial charge >= 0.3 is 24.3 Å². The summed E-state index contributed by atoms with van der Waals surface area (Å²) in [5.41, 5.74) is 0. The topological polar surface area (TPSA) is 90.3 Å². The van der Waals surface area contributed by atoms with Crippen LogP contribution in [-0.2, 0) is 20.9 Å². The van der Waals surface area contributed by atoms with Crippen molar-refractivity contribution in [2.75, 3.05) is 32.8 Å². The van der Waals surface area contributed by atoms with Crippen molar-refractivity contribution in [1.29, 1.82) is 0 Å². The standard InChI is InChI=1S/C15H22N2OS.2C2HF3O2/c1-2-7-18-14-9-13-10-16(5-6-17(13)11-14)12-15-4-3-8-19-15;2*3-2(4,5)1(6)7/h2-4,8,13-14H,1,5-7,9-12H2;2*(H,6,7). The van der Waals surface area contributed by atoms with Gasteiger partial charge in [-0.15, -0.1) is 17.9 Å². The molecule has 2 N–H and O–H groups in total. The van der Waals surface area contributed by atoms with Gasteiger partial charge in [0.05, 0.1) is 12.7 Å². The molecule has 1 aromatic rings. The predicted molar refractivity (Wildman–Crippen MR) is 107 cm³/mol. The lowest BCUT2D eigenvalue weighted by Crippen LogP contribution is -2.49. The van der Waals surface area contributed by atoms with Gasteiger partial charge in [-0.25, -0.2) is 9.59 Å². The van der Waals surface area contributed by atoms with E-state index in [0.717, 1.165) is 13.1 Å². The number of hydrogen-bond donors (Lipinski definition) is 2. The summed E-state index contributed by atoms with van der Waals surface area (Å²) >= 11 is 1.86. The molecule has 0 radical (unpaired) electrons. The molecule has 0 spiro atoms. The number of nitrogens with zero attached hydrogens (tertiary/aromatic N) is 2. The highest BCUT2D eigenvalue weighted by molar-refractivity contribution is 7.09. The minimum absolute atomic E-state index is 0.407. The highest BCUT2D eigenvalue weighted by atomic mass is 32.1. The van der Waals surface area contributed by atoms with E-state index >= 15 is 0 Å². The first kappa shape index (κ1) is 28.9.